The number of methoxy groups -OCH3 is 1. The van der Waals surface area contributed by atoms with Crippen LogP contribution in [0.4, 0.5) is 0 Å². The minimum absolute atomic E-state index is 0.0860. The summed E-state index contributed by atoms with van der Waals surface area (Å²) < 4.78 is 4.64. The first-order valence-electron chi connectivity index (χ1n) is 6.58. The molecule has 1 aromatic carbocycles. The Bertz CT molecular complexity index is 448. The van der Waals surface area contributed by atoms with E-state index in [0.717, 1.165) is 5.56 Å². The maximum atomic E-state index is 12.1. The fraction of sp³-hybridized carbons (Fsp3) is 0.467. The molecule has 110 valence electrons. The Labute approximate surface area is 119 Å². The molecule has 0 aliphatic rings. The highest BCUT2D eigenvalue weighted by molar-refractivity contribution is 5.78. The Balaban J connectivity index is 2.52. The zero-order valence-corrected chi connectivity index (χ0v) is 12.2. The van der Waals surface area contributed by atoms with E-state index in [4.69, 9.17) is 5.73 Å². The fourth-order valence-electron chi connectivity index (χ4n) is 1.95. The second-order valence-electron chi connectivity index (χ2n) is 4.92. The lowest BCUT2D eigenvalue weighted by atomic mass is 10.0. The van der Waals surface area contributed by atoms with Gasteiger partial charge in [-0.3, -0.25) is 9.59 Å². The van der Waals surface area contributed by atoms with E-state index in [2.05, 4.69) is 4.74 Å². The summed E-state index contributed by atoms with van der Waals surface area (Å²) in [6, 6.07) is 9.15. The van der Waals surface area contributed by atoms with Crippen molar-refractivity contribution in [2.75, 3.05) is 20.7 Å². The van der Waals surface area contributed by atoms with Gasteiger partial charge in [0.2, 0.25) is 5.91 Å². The van der Waals surface area contributed by atoms with E-state index in [1.165, 1.54) is 12.0 Å². The fourth-order valence-corrected chi connectivity index (χ4v) is 1.95. The first kappa shape index (κ1) is 16.2. The zero-order chi connectivity index (χ0) is 15.1. The molecule has 0 heterocycles. The van der Waals surface area contributed by atoms with Crippen LogP contribution < -0.4 is 5.73 Å². The van der Waals surface area contributed by atoms with Crippen LogP contribution in [0.3, 0.4) is 0 Å². The normalized spacial score (nSPS) is 13.4. The molecule has 0 aliphatic heterocycles. The van der Waals surface area contributed by atoms with Crippen molar-refractivity contribution in [3.63, 3.8) is 0 Å². The van der Waals surface area contributed by atoms with E-state index >= 15 is 0 Å². The van der Waals surface area contributed by atoms with Crippen molar-refractivity contribution in [1.29, 1.82) is 0 Å². The molecule has 0 bridgehead atoms. The molecule has 0 aromatic heterocycles. The second-order valence-corrected chi connectivity index (χ2v) is 4.92. The highest BCUT2D eigenvalue weighted by Crippen LogP contribution is 2.14. The molecule has 2 atom stereocenters. The standard InChI is InChI=1S/C15H22N2O3/c1-11(15(19)20-3)10-17(2)14(18)9-13(16)12-7-5-4-6-8-12/h4-8,11,13H,9-10,16H2,1-3H3. The van der Waals surface area contributed by atoms with Crippen LogP contribution >= 0.6 is 0 Å². The van der Waals surface area contributed by atoms with Crippen LogP contribution in [0, 0.1) is 5.92 Å². The lowest BCUT2D eigenvalue weighted by Gasteiger charge is -2.22. The van der Waals surface area contributed by atoms with Gasteiger partial charge in [-0.25, -0.2) is 0 Å². The van der Waals surface area contributed by atoms with Gasteiger partial charge in [0.05, 0.1) is 13.0 Å². The molecule has 2 N–H and O–H groups in total. The second kappa shape index (κ2) is 7.65. The molecule has 1 aromatic rings. The van der Waals surface area contributed by atoms with Gasteiger partial charge in [-0.05, 0) is 5.56 Å². The number of amides is 1. The molecule has 0 fully saturated rings. The summed E-state index contributed by atoms with van der Waals surface area (Å²) in [4.78, 5) is 24.9. The van der Waals surface area contributed by atoms with Gasteiger partial charge < -0.3 is 15.4 Å². The van der Waals surface area contributed by atoms with Crippen molar-refractivity contribution in [2.24, 2.45) is 11.7 Å². The third kappa shape index (κ3) is 4.66. The van der Waals surface area contributed by atoms with Gasteiger partial charge >= 0.3 is 5.97 Å². The molecule has 0 saturated heterocycles. The van der Waals surface area contributed by atoms with E-state index < -0.39 is 0 Å². The number of hydrogen-bond acceptors (Lipinski definition) is 4. The number of hydrogen-bond donors (Lipinski definition) is 1. The Hall–Kier alpha value is -1.88. The zero-order valence-electron chi connectivity index (χ0n) is 12.2. The molecule has 5 heteroatoms. The summed E-state index contributed by atoms with van der Waals surface area (Å²) >= 11 is 0. The van der Waals surface area contributed by atoms with Crippen molar-refractivity contribution in [2.45, 2.75) is 19.4 Å². The maximum absolute atomic E-state index is 12.1. The van der Waals surface area contributed by atoms with Crippen LogP contribution in [-0.4, -0.2) is 37.5 Å². The number of rotatable bonds is 6. The summed E-state index contributed by atoms with van der Waals surface area (Å²) in [6.45, 7) is 2.06. The topological polar surface area (TPSA) is 72.6 Å². The Morgan fingerprint density at radius 3 is 2.45 bits per heavy atom. The average molecular weight is 278 g/mol. The number of carbonyl (C=O) groups is 2. The minimum atomic E-state index is -0.345. The molecular weight excluding hydrogens is 256 g/mol. The molecule has 0 radical (unpaired) electrons. The SMILES string of the molecule is COC(=O)C(C)CN(C)C(=O)CC(N)c1ccccc1. The van der Waals surface area contributed by atoms with Gasteiger partial charge in [0, 0.05) is 26.1 Å². The first-order valence-corrected chi connectivity index (χ1v) is 6.58. The minimum Gasteiger partial charge on any atom is -0.469 e. The van der Waals surface area contributed by atoms with E-state index in [-0.39, 0.29) is 30.3 Å². The van der Waals surface area contributed by atoms with Crippen molar-refractivity contribution in [3.8, 4) is 0 Å². The van der Waals surface area contributed by atoms with Gasteiger partial charge in [0.25, 0.3) is 0 Å². The van der Waals surface area contributed by atoms with Crippen LogP contribution in [-0.2, 0) is 14.3 Å². The highest BCUT2D eigenvalue weighted by Gasteiger charge is 2.20. The van der Waals surface area contributed by atoms with Crippen molar-refractivity contribution in [3.05, 3.63) is 35.9 Å². The quantitative estimate of drug-likeness (QED) is 0.797. The summed E-state index contributed by atoms with van der Waals surface area (Å²) in [5.41, 5.74) is 6.94. The number of ether oxygens (including phenoxy) is 1. The highest BCUT2D eigenvalue weighted by atomic mass is 16.5. The van der Waals surface area contributed by atoms with Gasteiger partial charge in [0.1, 0.15) is 0 Å². The third-order valence-corrected chi connectivity index (χ3v) is 3.20. The molecular formula is C15H22N2O3. The monoisotopic (exact) mass is 278 g/mol. The predicted octanol–water partition coefficient (Wildman–Crippen LogP) is 1.34. The number of esters is 1. The van der Waals surface area contributed by atoms with E-state index in [0.29, 0.717) is 6.54 Å². The van der Waals surface area contributed by atoms with Gasteiger partial charge in [0.15, 0.2) is 0 Å². The Kier molecular flexibility index (Phi) is 6.18. The summed E-state index contributed by atoms with van der Waals surface area (Å²) in [5, 5.41) is 0. The number of carbonyl (C=O) groups excluding carboxylic acids is 2. The molecule has 0 saturated carbocycles. The van der Waals surface area contributed by atoms with E-state index in [1.807, 2.05) is 30.3 Å². The molecule has 0 spiro atoms. The lowest BCUT2D eigenvalue weighted by Crippen LogP contribution is -2.35. The molecule has 1 rings (SSSR count). The third-order valence-electron chi connectivity index (χ3n) is 3.20. The number of benzene rings is 1. The maximum Gasteiger partial charge on any atom is 0.310 e. The average Bonchev–Trinajstić information content (AvgIpc) is 2.46. The van der Waals surface area contributed by atoms with E-state index in [9.17, 15) is 9.59 Å². The largest absolute Gasteiger partial charge is 0.469 e. The van der Waals surface area contributed by atoms with Crippen LogP contribution in [0.25, 0.3) is 0 Å². The number of nitrogens with zero attached hydrogens (tertiary/aromatic N) is 1. The summed E-state index contributed by atoms with van der Waals surface area (Å²) in [6.07, 6.45) is 0.217. The van der Waals surface area contributed by atoms with Gasteiger partial charge in [-0.1, -0.05) is 37.3 Å². The van der Waals surface area contributed by atoms with Crippen LogP contribution in [0.15, 0.2) is 30.3 Å². The molecule has 1 amide bonds. The Morgan fingerprint density at radius 1 is 1.30 bits per heavy atom. The van der Waals surface area contributed by atoms with Gasteiger partial charge in [-0.2, -0.15) is 0 Å². The van der Waals surface area contributed by atoms with Crippen LogP contribution in [0.5, 0.6) is 0 Å². The molecule has 5 nitrogen and oxygen atoms in total. The van der Waals surface area contributed by atoms with Crippen molar-refractivity contribution >= 4 is 11.9 Å². The Morgan fingerprint density at radius 2 is 1.90 bits per heavy atom. The number of nitrogens with two attached hydrogens (primary N) is 1. The molecule has 2 unspecified atom stereocenters. The van der Waals surface area contributed by atoms with Gasteiger partial charge in [-0.15, -0.1) is 0 Å². The van der Waals surface area contributed by atoms with Crippen LogP contribution in [0.2, 0.25) is 0 Å². The summed E-state index contributed by atoms with van der Waals surface area (Å²) in [7, 11) is 3.01. The lowest BCUT2D eigenvalue weighted by molar-refractivity contribution is -0.146. The van der Waals surface area contributed by atoms with Crippen molar-refractivity contribution < 1.29 is 14.3 Å². The summed E-state index contributed by atoms with van der Waals surface area (Å²) in [5.74, 6) is -0.754. The van der Waals surface area contributed by atoms with E-state index in [1.54, 1.807) is 14.0 Å². The van der Waals surface area contributed by atoms with Crippen molar-refractivity contribution in [1.82, 2.24) is 4.90 Å². The molecule has 20 heavy (non-hydrogen) atoms. The predicted molar refractivity (Wildman–Crippen MR) is 76.8 cm³/mol. The van der Waals surface area contributed by atoms with Crippen LogP contribution in [0.1, 0.15) is 24.9 Å². The smallest absolute Gasteiger partial charge is 0.310 e. The first-order chi connectivity index (χ1) is 9.45. The molecule has 0 aliphatic carbocycles.